The Morgan fingerprint density at radius 2 is 2.00 bits per heavy atom. The van der Waals surface area contributed by atoms with E-state index in [-0.39, 0.29) is 24.5 Å². The van der Waals surface area contributed by atoms with Crippen molar-refractivity contribution in [3.8, 4) is 11.8 Å². The van der Waals surface area contributed by atoms with E-state index in [2.05, 4.69) is 16.0 Å². The smallest absolute Gasteiger partial charge is 0.150 e. The number of piperazine rings is 1. The summed E-state index contributed by atoms with van der Waals surface area (Å²) in [4.78, 5) is 8.57. The number of benzene rings is 2. The highest BCUT2D eigenvalue weighted by Crippen LogP contribution is 2.36. The number of hydrogen-bond acceptors (Lipinski definition) is 6. The predicted molar refractivity (Wildman–Crippen MR) is 125 cm³/mol. The summed E-state index contributed by atoms with van der Waals surface area (Å²) in [5.41, 5.74) is 2.64. The number of pyridine rings is 1. The summed E-state index contributed by atoms with van der Waals surface area (Å²) in [6.07, 6.45) is 1.51. The van der Waals surface area contributed by atoms with E-state index >= 15 is 4.39 Å². The van der Waals surface area contributed by atoms with Crippen molar-refractivity contribution in [3.05, 3.63) is 88.5 Å². The van der Waals surface area contributed by atoms with Gasteiger partial charge in [-0.2, -0.15) is 5.26 Å². The Morgan fingerprint density at radius 1 is 1.21 bits per heavy atom. The molecule has 0 bridgehead atoms. The summed E-state index contributed by atoms with van der Waals surface area (Å²) in [7, 11) is 1.51. The van der Waals surface area contributed by atoms with Gasteiger partial charge >= 0.3 is 0 Å². The number of methoxy groups -OCH3 is 1. The molecule has 6 nitrogen and oxygen atoms in total. The third kappa shape index (κ3) is 4.93. The van der Waals surface area contributed by atoms with Gasteiger partial charge in [-0.1, -0.05) is 23.7 Å². The Kier molecular flexibility index (Phi) is 7.09. The number of aromatic nitrogens is 1. The lowest BCUT2D eigenvalue weighted by molar-refractivity contribution is 0.1000. The van der Waals surface area contributed by atoms with E-state index < -0.39 is 0 Å². The third-order valence-corrected chi connectivity index (χ3v) is 6.25. The largest absolute Gasteiger partial charge is 0.497 e. The number of aliphatic hydroxyl groups is 1. The van der Waals surface area contributed by atoms with Crippen LogP contribution in [-0.4, -0.2) is 48.3 Å². The first-order chi connectivity index (χ1) is 16.0. The second-order valence-corrected chi connectivity index (χ2v) is 8.29. The summed E-state index contributed by atoms with van der Waals surface area (Å²) in [6.45, 7) is 1.56. The van der Waals surface area contributed by atoms with Gasteiger partial charge in [0.1, 0.15) is 17.6 Å². The van der Waals surface area contributed by atoms with E-state index in [0.717, 1.165) is 5.56 Å². The van der Waals surface area contributed by atoms with Crippen LogP contribution in [0.1, 0.15) is 28.9 Å². The van der Waals surface area contributed by atoms with Crippen molar-refractivity contribution in [3.63, 3.8) is 0 Å². The molecule has 0 aliphatic carbocycles. The second-order valence-electron chi connectivity index (χ2n) is 7.85. The molecule has 170 valence electrons. The number of rotatable bonds is 6. The molecule has 2 atom stereocenters. The maximum atomic E-state index is 15.0. The normalized spacial score (nSPS) is 17.4. The Hall–Kier alpha value is -3.18. The molecule has 1 aliphatic heterocycles. The lowest BCUT2D eigenvalue weighted by Crippen LogP contribution is -2.50. The van der Waals surface area contributed by atoms with E-state index in [1.54, 1.807) is 24.3 Å². The van der Waals surface area contributed by atoms with Gasteiger partial charge in [0.25, 0.3) is 0 Å². The van der Waals surface area contributed by atoms with Crippen LogP contribution in [0.25, 0.3) is 0 Å². The topological polar surface area (TPSA) is 72.6 Å². The Bertz CT molecular complexity index is 1130. The van der Waals surface area contributed by atoms with Crippen molar-refractivity contribution in [2.75, 3.05) is 38.3 Å². The highest BCUT2D eigenvalue weighted by atomic mass is 35.5. The molecule has 1 fully saturated rings. The molecule has 0 saturated carbocycles. The van der Waals surface area contributed by atoms with Crippen molar-refractivity contribution in [1.82, 2.24) is 9.88 Å². The molecule has 0 radical (unpaired) electrons. The number of nitriles is 1. The SMILES string of the molecule is COc1ccc(N2CCN([C@H](CO)c3ccc(C#N)cn3)C[C@H]2c2ccc(Cl)cc2)c(F)c1. The Morgan fingerprint density at radius 3 is 2.61 bits per heavy atom. The van der Waals surface area contributed by atoms with Crippen LogP contribution in [0, 0.1) is 17.1 Å². The molecule has 0 unspecified atom stereocenters. The Labute approximate surface area is 197 Å². The standard InChI is InChI=1S/C25H24ClFN4O2/c1-33-20-7-9-23(21(27)12-20)31-11-10-30(15-24(31)18-3-5-19(26)6-4-18)25(16-32)22-8-2-17(13-28)14-29-22/h2-9,12,14,24-25,32H,10-11,15-16H2,1H3/t24-,25+/m0/s1. The quantitative estimate of drug-likeness (QED) is 0.582. The number of halogens is 2. The van der Waals surface area contributed by atoms with Crippen molar-refractivity contribution < 1.29 is 14.2 Å². The predicted octanol–water partition coefficient (Wildman–Crippen LogP) is 4.35. The fourth-order valence-corrected chi connectivity index (χ4v) is 4.38. The van der Waals surface area contributed by atoms with E-state index in [0.29, 0.717) is 47.4 Å². The molecule has 2 aromatic carbocycles. The van der Waals surface area contributed by atoms with Crippen molar-refractivity contribution in [2.24, 2.45) is 0 Å². The molecule has 2 heterocycles. The van der Waals surface area contributed by atoms with E-state index in [9.17, 15) is 5.11 Å². The highest BCUT2D eigenvalue weighted by molar-refractivity contribution is 6.30. The first kappa shape index (κ1) is 23.0. The first-order valence-corrected chi connectivity index (χ1v) is 11.0. The molecule has 3 aromatic rings. The average Bonchev–Trinajstić information content (AvgIpc) is 2.85. The van der Waals surface area contributed by atoms with E-state index in [4.69, 9.17) is 21.6 Å². The lowest BCUT2D eigenvalue weighted by atomic mass is 9.99. The minimum absolute atomic E-state index is 0.122. The molecule has 1 aromatic heterocycles. The van der Waals surface area contributed by atoms with Crippen molar-refractivity contribution in [2.45, 2.75) is 12.1 Å². The molecule has 0 amide bonds. The fraction of sp³-hybridized carbons (Fsp3) is 0.280. The van der Waals surface area contributed by atoms with E-state index in [1.807, 2.05) is 29.2 Å². The summed E-state index contributed by atoms with van der Waals surface area (Å²) in [5, 5.41) is 19.9. The van der Waals surface area contributed by atoms with Gasteiger partial charge in [-0.3, -0.25) is 9.88 Å². The van der Waals surface area contributed by atoms with Crippen molar-refractivity contribution in [1.29, 1.82) is 5.26 Å². The van der Waals surface area contributed by atoms with Gasteiger partial charge in [-0.15, -0.1) is 0 Å². The Balaban J connectivity index is 1.67. The van der Waals surface area contributed by atoms with Gasteiger partial charge in [0.05, 0.1) is 42.7 Å². The van der Waals surface area contributed by atoms with Gasteiger partial charge < -0.3 is 14.7 Å². The van der Waals surface area contributed by atoms with Gasteiger partial charge in [0.2, 0.25) is 0 Å². The summed E-state index contributed by atoms with van der Waals surface area (Å²) in [6, 6.07) is 17.4. The molecule has 0 spiro atoms. The molecular formula is C25H24ClFN4O2. The fourth-order valence-electron chi connectivity index (χ4n) is 4.26. The zero-order chi connectivity index (χ0) is 23.4. The van der Waals surface area contributed by atoms with Crippen LogP contribution in [0.15, 0.2) is 60.8 Å². The average molecular weight is 467 g/mol. The number of anilines is 1. The number of hydrogen-bond donors (Lipinski definition) is 1. The molecule has 1 saturated heterocycles. The number of nitrogens with zero attached hydrogens (tertiary/aromatic N) is 4. The minimum Gasteiger partial charge on any atom is -0.497 e. The number of ether oxygens (including phenoxy) is 1. The van der Waals surface area contributed by atoms with Crippen LogP contribution >= 0.6 is 11.6 Å². The van der Waals surface area contributed by atoms with Crippen LogP contribution in [0.5, 0.6) is 5.75 Å². The summed E-state index contributed by atoms with van der Waals surface area (Å²) < 4.78 is 20.2. The van der Waals surface area contributed by atoms with Crippen LogP contribution in [-0.2, 0) is 0 Å². The van der Waals surface area contributed by atoms with Gasteiger partial charge in [0, 0.05) is 36.9 Å². The molecule has 1 aliphatic rings. The zero-order valence-electron chi connectivity index (χ0n) is 18.2. The van der Waals surface area contributed by atoms with Crippen molar-refractivity contribution >= 4 is 17.3 Å². The van der Waals surface area contributed by atoms with Gasteiger partial charge in [-0.25, -0.2) is 4.39 Å². The molecule has 8 heteroatoms. The lowest BCUT2D eigenvalue weighted by Gasteiger charge is -2.45. The summed E-state index contributed by atoms with van der Waals surface area (Å²) >= 11 is 6.11. The van der Waals surface area contributed by atoms with Crippen LogP contribution in [0.2, 0.25) is 5.02 Å². The number of aliphatic hydroxyl groups excluding tert-OH is 1. The summed E-state index contributed by atoms with van der Waals surface area (Å²) in [5.74, 6) is 0.111. The zero-order valence-corrected chi connectivity index (χ0v) is 18.9. The maximum Gasteiger partial charge on any atom is 0.150 e. The van der Waals surface area contributed by atoms with Gasteiger partial charge in [-0.05, 0) is 42.0 Å². The maximum absolute atomic E-state index is 15.0. The molecule has 1 N–H and O–H groups in total. The van der Waals surface area contributed by atoms with E-state index in [1.165, 1.54) is 19.4 Å². The minimum atomic E-state index is -0.353. The van der Waals surface area contributed by atoms with Crippen LogP contribution < -0.4 is 9.64 Å². The molecular weight excluding hydrogens is 443 g/mol. The second kappa shape index (κ2) is 10.2. The van der Waals surface area contributed by atoms with Crippen LogP contribution in [0.4, 0.5) is 10.1 Å². The third-order valence-electron chi connectivity index (χ3n) is 6.00. The first-order valence-electron chi connectivity index (χ1n) is 10.6. The molecule has 4 rings (SSSR count). The van der Waals surface area contributed by atoms with Crippen LogP contribution in [0.3, 0.4) is 0 Å². The highest BCUT2D eigenvalue weighted by Gasteiger charge is 2.34. The van der Waals surface area contributed by atoms with Gasteiger partial charge in [0.15, 0.2) is 0 Å². The molecule has 33 heavy (non-hydrogen) atoms. The monoisotopic (exact) mass is 466 g/mol.